The van der Waals surface area contributed by atoms with Gasteiger partial charge in [-0.1, -0.05) is 162 Å². The van der Waals surface area contributed by atoms with Crippen molar-refractivity contribution in [2.75, 3.05) is 39.8 Å². The van der Waals surface area contributed by atoms with Crippen molar-refractivity contribution in [3.8, 4) is 0 Å². The van der Waals surface area contributed by atoms with Crippen molar-refractivity contribution in [3.63, 3.8) is 0 Å². The second-order valence-electron chi connectivity index (χ2n) is 16.8. The zero-order valence-electron chi connectivity index (χ0n) is 38.6. The lowest BCUT2D eigenvalue weighted by Crippen LogP contribution is -2.29. The maximum absolute atomic E-state index is 12.8. The van der Waals surface area contributed by atoms with E-state index >= 15 is 0 Å². The van der Waals surface area contributed by atoms with Gasteiger partial charge in [0.15, 0.2) is 0 Å². The molecule has 10 heteroatoms. The molecule has 0 amide bonds. The number of nitrogens with one attached hydrogen (secondary N) is 2. The van der Waals surface area contributed by atoms with Crippen LogP contribution in [0.1, 0.15) is 239 Å². The van der Waals surface area contributed by atoms with E-state index in [2.05, 4.69) is 36.3 Å². The Bertz CT molecular complexity index is 948. The van der Waals surface area contributed by atoms with Crippen LogP contribution in [0.3, 0.4) is 0 Å². The lowest BCUT2D eigenvalue weighted by molar-refractivity contribution is -0.431. The van der Waals surface area contributed by atoms with Gasteiger partial charge in [0, 0.05) is 19.4 Å². The average molecular weight is 823 g/mol. The molecule has 0 rings (SSSR count). The van der Waals surface area contributed by atoms with Crippen molar-refractivity contribution < 1.29 is 24.0 Å². The summed E-state index contributed by atoms with van der Waals surface area (Å²) in [5, 5.41) is 16.7. The molecule has 0 aliphatic rings. The predicted molar refractivity (Wildman–Crippen MR) is 243 cm³/mol. The van der Waals surface area contributed by atoms with Crippen LogP contribution in [0, 0.1) is 10.1 Å². The first kappa shape index (κ1) is 55.6. The third-order valence-electron chi connectivity index (χ3n) is 11.3. The van der Waals surface area contributed by atoms with Crippen LogP contribution in [-0.4, -0.2) is 67.7 Å². The molecular formula is C48H94N4O6. The highest BCUT2D eigenvalue weighted by Crippen LogP contribution is 2.19. The topological polar surface area (TPSA) is 123 Å². The number of hydrogen-bond acceptors (Lipinski definition) is 9. The van der Waals surface area contributed by atoms with Crippen LogP contribution >= 0.6 is 0 Å². The second kappa shape index (κ2) is 44.2. The Kier molecular flexibility index (Phi) is 42.4. The molecule has 0 fully saturated rings. The van der Waals surface area contributed by atoms with Gasteiger partial charge in [0.2, 0.25) is 0 Å². The molecule has 0 atom stereocenters. The Morgan fingerprint density at radius 2 is 0.983 bits per heavy atom. The van der Waals surface area contributed by atoms with Gasteiger partial charge in [-0.2, -0.15) is 0 Å². The Labute approximate surface area is 357 Å². The second-order valence-corrected chi connectivity index (χ2v) is 16.8. The van der Waals surface area contributed by atoms with Gasteiger partial charge in [0.25, 0.3) is 0 Å². The Balaban J connectivity index is 4.46. The highest BCUT2D eigenvalue weighted by Gasteiger charge is 2.14. The van der Waals surface area contributed by atoms with Crippen LogP contribution in [0.4, 0.5) is 0 Å². The van der Waals surface area contributed by atoms with Crippen molar-refractivity contribution >= 4 is 11.9 Å². The average Bonchev–Trinajstić information content (AvgIpc) is 3.21. The first-order valence-corrected chi connectivity index (χ1v) is 24.7. The van der Waals surface area contributed by atoms with Crippen LogP contribution in [0.25, 0.3) is 0 Å². The van der Waals surface area contributed by atoms with E-state index in [0.717, 1.165) is 116 Å². The number of unbranched alkanes of at least 4 members (excludes halogenated alkanes) is 24. The molecule has 0 aromatic rings. The number of nitro groups is 1. The van der Waals surface area contributed by atoms with Gasteiger partial charge in [-0.05, 0) is 88.8 Å². The van der Waals surface area contributed by atoms with Crippen LogP contribution < -0.4 is 10.6 Å². The normalized spacial score (nSPS) is 11.7. The SMILES string of the molecule is CCCCCCCCCC(=O)OCCCCCCCN(CCCCCCCC(=O)OC(CCCCCCCC)CCCCCCCC)CCCNC=C(NC)[N+](=O)[O-]. The highest BCUT2D eigenvalue weighted by molar-refractivity contribution is 5.69. The van der Waals surface area contributed by atoms with Gasteiger partial charge in [-0.3, -0.25) is 14.9 Å². The fourth-order valence-corrected chi connectivity index (χ4v) is 7.52. The summed E-state index contributed by atoms with van der Waals surface area (Å²) < 4.78 is 11.5. The number of carbonyl (C=O) groups excluding carboxylic acids is 2. The first-order valence-electron chi connectivity index (χ1n) is 24.7. The molecule has 0 heterocycles. The van der Waals surface area contributed by atoms with E-state index in [0.29, 0.717) is 26.0 Å². The molecular weight excluding hydrogens is 729 g/mol. The van der Waals surface area contributed by atoms with Crippen molar-refractivity contribution in [1.29, 1.82) is 0 Å². The molecule has 0 saturated heterocycles. The van der Waals surface area contributed by atoms with Crippen molar-refractivity contribution in [1.82, 2.24) is 15.5 Å². The van der Waals surface area contributed by atoms with Gasteiger partial charge >= 0.3 is 17.8 Å². The number of carbonyl (C=O) groups is 2. The van der Waals surface area contributed by atoms with Gasteiger partial charge in [-0.15, -0.1) is 0 Å². The first-order chi connectivity index (χ1) is 28.4. The van der Waals surface area contributed by atoms with E-state index < -0.39 is 4.92 Å². The van der Waals surface area contributed by atoms with E-state index in [-0.39, 0.29) is 23.9 Å². The molecule has 0 saturated carbocycles. The van der Waals surface area contributed by atoms with E-state index in [1.807, 2.05) is 0 Å². The minimum Gasteiger partial charge on any atom is -0.466 e. The van der Waals surface area contributed by atoms with Crippen molar-refractivity contribution in [2.45, 2.75) is 245 Å². The summed E-state index contributed by atoms with van der Waals surface area (Å²) in [6.45, 7) is 11.0. The minimum absolute atomic E-state index is 0.00328. The van der Waals surface area contributed by atoms with E-state index in [1.54, 1.807) is 7.05 Å². The zero-order chi connectivity index (χ0) is 42.6. The third-order valence-corrected chi connectivity index (χ3v) is 11.3. The summed E-state index contributed by atoms with van der Waals surface area (Å²) >= 11 is 0. The van der Waals surface area contributed by atoms with Gasteiger partial charge in [-0.25, -0.2) is 0 Å². The van der Waals surface area contributed by atoms with Gasteiger partial charge in [0.05, 0.1) is 19.9 Å². The zero-order valence-corrected chi connectivity index (χ0v) is 38.6. The molecule has 342 valence electrons. The van der Waals surface area contributed by atoms with Crippen LogP contribution in [0.2, 0.25) is 0 Å². The monoisotopic (exact) mass is 823 g/mol. The summed E-state index contributed by atoms with van der Waals surface area (Å²) in [5.41, 5.74) is 0. The molecule has 0 aliphatic heterocycles. The standard InChI is InChI=1S/C48H94N4O6/c1-5-8-11-14-17-22-29-37-47(53)57-43-33-26-19-25-32-41-51(42-34-39-50-44-46(49-4)52(55)56)40-31-24-18-23-30-38-48(54)58-45(35-27-20-15-12-9-6-2)36-28-21-16-13-10-7-3/h44-45,49-50H,5-43H2,1-4H3. The van der Waals surface area contributed by atoms with Gasteiger partial charge in [0.1, 0.15) is 6.10 Å². The highest BCUT2D eigenvalue weighted by atomic mass is 16.6. The molecule has 0 spiro atoms. The molecule has 2 N–H and O–H groups in total. The molecule has 0 aliphatic carbocycles. The van der Waals surface area contributed by atoms with Crippen LogP contribution in [-0.2, 0) is 19.1 Å². The fourth-order valence-electron chi connectivity index (χ4n) is 7.52. The summed E-state index contributed by atoms with van der Waals surface area (Å²) in [5.74, 6) is -0.0794. The number of ether oxygens (including phenoxy) is 2. The molecule has 0 aromatic carbocycles. The third kappa shape index (κ3) is 39.1. The van der Waals surface area contributed by atoms with E-state index in [4.69, 9.17) is 9.47 Å². The van der Waals surface area contributed by atoms with Crippen LogP contribution in [0.5, 0.6) is 0 Å². The Morgan fingerprint density at radius 3 is 1.47 bits per heavy atom. The number of rotatable bonds is 46. The lowest BCUT2D eigenvalue weighted by atomic mass is 10.0. The number of hydrogen-bond donors (Lipinski definition) is 2. The number of nitrogens with zero attached hydrogens (tertiary/aromatic N) is 2. The quantitative estimate of drug-likeness (QED) is 0.0267. The van der Waals surface area contributed by atoms with Crippen molar-refractivity contribution in [2.24, 2.45) is 0 Å². The van der Waals surface area contributed by atoms with Crippen molar-refractivity contribution in [3.05, 3.63) is 22.1 Å². The molecule has 10 nitrogen and oxygen atoms in total. The fraction of sp³-hybridized carbons (Fsp3) is 0.917. The predicted octanol–water partition coefficient (Wildman–Crippen LogP) is 13.0. The summed E-state index contributed by atoms with van der Waals surface area (Å²) in [6, 6.07) is 0. The molecule has 0 radical (unpaired) electrons. The summed E-state index contributed by atoms with van der Waals surface area (Å²) in [7, 11) is 1.56. The summed E-state index contributed by atoms with van der Waals surface area (Å²) in [4.78, 5) is 38.0. The Morgan fingerprint density at radius 1 is 0.569 bits per heavy atom. The largest absolute Gasteiger partial charge is 0.466 e. The number of esters is 2. The Hall–Kier alpha value is -2.36. The summed E-state index contributed by atoms with van der Waals surface area (Å²) in [6.07, 6.45) is 40.1. The lowest BCUT2D eigenvalue weighted by Gasteiger charge is -2.22. The van der Waals surface area contributed by atoms with E-state index in [1.165, 1.54) is 115 Å². The molecule has 58 heavy (non-hydrogen) atoms. The van der Waals surface area contributed by atoms with Gasteiger partial charge < -0.3 is 29.8 Å². The maximum atomic E-state index is 12.8. The smallest absolute Gasteiger partial charge is 0.331 e. The molecule has 0 bridgehead atoms. The minimum atomic E-state index is -0.422. The molecule has 0 aromatic heterocycles. The molecule has 0 unspecified atom stereocenters. The van der Waals surface area contributed by atoms with E-state index in [9.17, 15) is 19.7 Å². The maximum Gasteiger partial charge on any atom is 0.331 e. The van der Waals surface area contributed by atoms with Crippen LogP contribution in [0.15, 0.2) is 12.0 Å².